The lowest BCUT2D eigenvalue weighted by molar-refractivity contribution is 0.0687. The second kappa shape index (κ2) is 5.32. The molecule has 1 N–H and O–H groups in total. The van der Waals surface area contributed by atoms with Crippen molar-refractivity contribution < 1.29 is 14.3 Å². The molecule has 7 heteroatoms. The van der Waals surface area contributed by atoms with Crippen LogP contribution in [0.3, 0.4) is 0 Å². The van der Waals surface area contributed by atoms with E-state index in [1.54, 1.807) is 0 Å². The number of nitriles is 1. The summed E-state index contributed by atoms with van der Waals surface area (Å²) in [6.45, 7) is -0.180. The number of hydrogen-bond acceptors (Lipinski definition) is 4. The Kier molecular flexibility index (Phi) is 3.57. The summed E-state index contributed by atoms with van der Waals surface area (Å²) in [5, 5.41) is 21.4. The highest BCUT2D eigenvalue weighted by Crippen LogP contribution is 2.11. The van der Waals surface area contributed by atoms with Gasteiger partial charge < -0.3 is 5.11 Å². The molecule has 0 saturated carbocycles. The zero-order valence-electron chi connectivity index (χ0n) is 10.1. The standard InChI is InChI=1S/C13H8FN3O3/c14-10-2-1-8(6-15)9(5-10)7-17-12(18)4-3-11(16-17)13(19)20/h1-5H,7H2,(H,19,20). The number of carbonyl (C=O) groups is 1. The third-order valence-electron chi connectivity index (χ3n) is 2.59. The molecule has 2 rings (SSSR count). The molecule has 0 spiro atoms. The van der Waals surface area contributed by atoms with Crippen LogP contribution < -0.4 is 5.56 Å². The van der Waals surface area contributed by atoms with Crippen LogP contribution in [0.25, 0.3) is 0 Å². The molecule has 0 unspecified atom stereocenters. The lowest BCUT2D eigenvalue weighted by atomic mass is 10.1. The van der Waals surface area contributed by atoms with Gasteiger partial charge in [-0.05, 0) is 29.8 Å². The Morgan fingerprint density at radius 2 is 2.15 bits per heavy atom. The van der Waals surface area contributed by atoms with Crippen LogP contribution in [-0.4, -0.2) is 20.9 Å². The first-order chi connectivity index (χ1) is 9.51. The molecule has 20 heavy (non-hydrogen) atoms. The van der Waals surface area contributed by atoms with Crippen molar-refractivity contribution in [3.8, 4) is 6.07 Å². The monoisotopic (exact) mass is 273 g/mol. The molecule has 0 atom stereocenters. The van der Waals surface area contributed by atoms with Gasteiger partial charge >= 0.3 is 5.97 Å². The highest BCUT2D eigenvalue weighted by Gasteiger charge is 2.10. The minimum Gasteiger partial charge on any atom is -0.476 e. The molecule has 0 amide bonds. The molecular weight excluding hydrogens is 265 g/mol. The molecule has 0 aliphatic heterocycles. The van der Waals surface area contributed by atoms with Gasteiger partial charge in [0.2, 0.25) is 0 Å². The molecule has 0 fully saturated rings. The molecule has 2 aromatic rings. The lowest BCUT2D eigenvalue weighted by Gasteiger charge is -2.07. The number of nitrogens with zero attached hydrogens (tertiary/aromatic N) is 3. The van der Waals surface area contributed by atoms with Crippen LogP contribution in [0.5, 0.6) is 0 Å². The van der Waals surface area contributed by atoms with E-state index in [2.05, 4.69) is 5.10 Å². The summed E-state index contributed by atoms with van der Waals surface area (Å²) in [6.07, 6.45) is 0. The van der Waals surface area contributed by atoms with E-state index >= 15 is 0 Å². The van der Waals surface area contributed by atoms with Gasteiger partial charge in [0.1, 0.15) is 5.82 Å². The summed E-state index contributed by atoms with van der Waals surface area (Å²) in [4.78, 5) is 22.4. The number of aromatic nitrogens is 2. The topological polar surface area (TPSA) is 96.0 Å². The predicted molar refractivity (Wildman–Crippen MR) is 65.7 cm³/mol. The van der Waals surface area contributed by atoms with Crippen molar-refractivity contribution in [3.05, 3.63) is 63.3 Å². The number of hydrogen-bond donors (Lipinski definition) is 1. The van der Waals surface area contributed by atoms with E-state index in [-0.39, 0.29) is 23.4 Å². The van der Waals surface area contributed by atoms with Crippen molar-refractivity contribution in [1.29, 1.82) is 5.26 Å². The Morgan fingerprint density at radius 1 is 1.40 bits per heavy atom. The first kappa shape index (κ1) is 13.4. The summed E-state index contributed by atoms with van der Waals surface area (Å²) >= 11 is 0. The molecule has 100 valence electrons. The summed E-state index contributed by atoms with van der Waals surface area (Å²) < 4.78 is 14.1. The van der Waals surface area contributed by atoms with Crippen LogP contribution in [-0.2, 0) is 6.54 Å². The number of carboxylic acid groups (broad SMARTS) is 1. The van der Waals surface area contributed by atoms with Crippen LogP contribution in [0, 0.1) is 17.1 Å². The van der Waals surface area contributed by atoms with Gasteiger partial charge in [-0.25, -0.2) is 13.9 Å². The minimum atomic E-state index is -1.28. The smallest absolute Gasteiger partial charge is 0.356 e. The van der Waals surface area contributed by atoms with Crippen LogP contribution in [0.15, 0.2) is 35.1 Å². The van der Waals surface area contributed by atoms with E-state index < -0.39 is 17.3 Å². The number of aromatic carboxylic acids is 1. The molecule has 0 aliphatic carbocycles. The number of carboxylic acids is 1. The quantitative estimate of drug-likeness (QED) is 0.899. The Bertz CT molecular complexity index is 777. The van der Waals surface area contributed by atoms with Crippen LogP contribution in [0.1, 0.15) is 21.6 Å². The Balaban J connectivity index is 2.47. The largest absolute Gasteiger partial charge is 0.476 e. The van der Waals surface area contributed by atoms with Crippen molar-refractivity contribution in [2.24, 2.45) is 0 Å². The van der Waals surface area contributed by atoms with Gasteiger partial charge in [-0.2, -0.15) is 10.4 Å². The van der Waals surface area contributed by atoms with Gasteiger partial charge in [0, 0.05) is 6.07 Å². The van der Waals surface area contributed by atoms with Crippen molar-refractivity contribution in [2.45, 2.75) is 6.54 Å². The predicted octanol–water partition coefficient (Wildman–Crippen LogP) is 1.00. The third-order valence-corrected chi connectivity index (χ3v) is 2.59. The minimum absolute atomic E-state index is 0.180. The summed E-state index contributed by atoms with van der Waals surface area (Å²) in [6, 6.07) is 7.54. The molecule has 6 nitrogen and oxygen atoms in total. The fourth-order valence-electron chi connectivity index (χ4n) is 1.64. The number of benzene rings is 1. The van der Waals surface area contributed by atoms with E-state index in [1.807, 2.05) is 6.07 Å². The maximum absolute atomic E-state index is 13.2. The average Bonchev–Trinajstić information content (AvgIpc) is 2.41. The van der Waals surface area contributed by atoms with E-state index in [0.29, 0.717) is 0 Å². The zero-order chi connectivity index (χ0) is 14.7. The number of halogens is 1. The van der Waals surface area contributed by atoms with Crippen LogP contribution in [0.4, 0.5) is 4.39 Å². The highest BCUT2D eigenvalue weighted by molar-refractivity contribution is 5.84. The molecule has 0 saturated heterocycles. The molecule has 1 aromatic carbocycles. The molecule has 0 bridgehead atoms. The lowest BCUT2D eigenvalue weighted by Crippen LogP contribution is -2.25. The van der Waals surface area contributed by atoms with Gasteiger partial charge in [0.25, 0.3) is 5.56 Å². The highest BCUT2D eigenvalue weighted by atomic mass is 19.1. The van der Waals surface area contributed by atoms with E-state index in [1.165, 1.54) is 6.07 Å². The van der Waals surface area contributed by atoms with Crippen molar-refractivity contribution in [2.75, 3.05) is 0 Å². The molecule has 1 heterocycles. The maximum Gasteiger partial charge on any atom is 0.356 e. The van der Waals surface area contributed by atoms with Gasteiger partial charge in [-0.1, -0.05) is 0 Å². The van der Waals surface area contributed by atoms with Crippen LogP contribution in [0.2, 0.25) is 0 Å². The SMILES string of the molecule is N#Cc1ccc(F)cc1Cn1nc(C(=O)O)ccc1=O. The second-order valence-electron chi connectivity index (χ2n) is 3.93. The number of rotatable bonds is 3. The van der Waals surface area contributed by atoms with Gasteiger partial charge in [0.15, 0.2) is 5.69 Å². The van der Waals surface area contributed by atoms with Crippen molar-refractivity contribution >= 4 is 5.97 Å². The fourth-order valence-corrected chi connectivity index (χ4v) is 1.64. The maximum atomic E-state index is 13.2. The van der Waals surface area contributed by atoms with E-state index in [9.17, 15) is 14.0 Å². The molecular formula is C13H8FN3O3. The summed E-state index contributed by atoms with van der Waals surface area (Å²) in [5.41, 5.74) is -0.395. The second-order valence-corrected chi connectivity index (χ2v) is 3.93. The average molecular weight is 273 g/mol. The van der Waals surface area contributed by atoms with E-state index in [4.69, 9.17) is 10.4 Å². The molecule has 1 aromatic heterocycles. The third kappa shape index (κ3) is 2.70. The summed E-state index contributed by atoms with van der Waals surface area (Å²) in [5.74, 6) is -1.83. The zero-order valence-corrected chi connectivity index (χ0v) is 10.1. The van der Waals surface area contributed by atoms with Crippen LogP contribution >= 0.6 is 0 Å². The van der Waals surface area contributed by atoms with Crippen molar-refractivity contribution in [3.63, 3.8) is 0 Å². The Morgan fingerprint density at radius 3 is 2.80 bits per heavy atom. The van der Waals surface area contributed by atoms with Crippen molar-refractivity contribution in [1.82, 2.24) is 9.78 Å². The van der Waals surface area contributed by atoms with Gasteiger partial charge in [-0.3, -0.25) is 4.79 Å². The molecule has 0 radical (unpaired) electrons. The Labute approximate surface area is 112 Å². The van der Waals surface area contributed by atoms with Gasteiger partial charge in [-0.15, -0.1) is 0 Å². The fraction of sp³-hybridized carbons (Fsp3) is 0.0769. The normalized spacial score (nSPS) is 10.0. The molecule has 0 aliphatic rings. The summed E-state index contributed by atoms with van der Waals surface area (Å²) in [7, 11) is 0. The first-order valence-electron chi connectivity index (χ1n) is 5.51. The van der Waals surface area contributed by atoms with Gasteiger partial charge in [0.05, 0.1) is 18.2 Å². The first-order valence-corrected chi connectivity index (χ1v) is 5.51. The van der Waals surface area contributed by atoms with E-state index in [0.717, 1.165) is 28.9 Å². The Hall–Kier alpha value is -3.01.